The lowest BCUT2D eigenvalue weighted by atomic mass is 10.2. The predicted molar refractivity (Wildman–Crippen MR) is 105 cm³/mol. The maximum atomic E-state index is 12.5. The van der Waals surface area contributed by atoms with E-state index in [0.717, 1.165) is 51.4 Å². The number of carbonyl (C=O) groups excluding carboxylic acids is 1. The number of nitrogens with zero attached hydrogens (tertiary/aromatic N) is 5. The molecule has 0 spiro atoms. The van der Waals surface area contributed by atoms with Gasteiger partial charge in [0.05, 0.1) is 0 Å². The van der Waals surface area contributed by atoms with Gasteiger partial charge >= 0.3 is 0 Å². The van der Waals surface area contributed by atoms with Gasteiger partial charge in [-0.05, 0) is 18.6 Å². The molecule has 3 rings (SSSR count). The Labute approximate surface area is 155 Å². The van der Waals surface area contributed by atoms with Crippen LogP contribution in [0.4, 0.5) is 11.5 Å². The summed E-state index contributed by atoms with van der Waals surface area (Å²) in [5, 5.41) is 0. The molecule has 138 valence electrons. The zero-order valence-electron chi connectivity index (χ0n) is 15.6. The maximum absolute atomic E-state index is 12.5. The number of anilines is 2. The van der Waals surface area contributed by atoms with E-state index in [1.807, 2.05) is 19.2 Å². The van der Waals surface area contributed by atoms with Crippen LogP contribution in [0.5, 0.6) is 0 Å². The van der Waals surface area contributed by atoms with Gasteiger partial charge in [0.15, 0.2) is 0 Å². The summed E-state index contributed by atoms with van der Waals surface area (Å²) in [6, 6.07) is 12.3. The first-order valence-electron chi connectivity index (χ1n) is 9.31. The minimum absolute atomic E-state index is 0.0370. The van der Waals surface area contributed by atoms with Crippen molar-refractivity contribution in [2.75, 3.05) is 49.6 Å². The summed E-state index contributed by atoms with van der Waals surface area (Å²) in [5.74, 6) is 0.796. The van der Waals surface area contributed by atoms with Crippen LogP contribution in [-0.4, -0.2) is 60.5 Å². The van der Waals surface area contributed by atoms with Gasteiger partial charge in [0, 0.05) is 51.5 Å². The minimum Gasteiger partial charge on any atom is -0.368 e. The van der Waals surface area contributed by atoms with Crippen molar-refractivity contribution in [3.63, 3.8) is 0 Å². The van der Waals surface area contributed by atoms with E-state index < -0.39 is 0 Å². The number of amides is 1. The molecule has 0 saturated carbocycles. The number of hydrogen-bond donors (Lipinski definition) is 0. The molecule has 0 atom stereocenters. The molecule has 0 unspecified atom stereocenters. The van der Waals surface area contributed by atoms with E-state index in [4.69, 9.17) is 0 Å². The molecule has 1 aliphatic rings. The quantitative estimate of drug-likeness (QED) is 0.799. The zero-order chi connectivity index (χ0) is 18.4. The van der Waals surface area contributed by atoms with E-state index in [1.165, 1.54) is 12.0 Å². The molecular formula is C20H27N5O. The molecule has 0 bridgehead atoms. The first-order chi connectivity index (χ1) is 12.7. The van der Waals surface area contributed by atoms with Crippen LogP contribution in [0.3, 0.4) is 0 Å². The minimum atomic E-state index is -0.0370. The SMILES string of the molecule is CCCCN(C)C(=O)c1cc(N2CCN(c3ccccc3)CC2)ncn1. The highest BCUT2D eigenvalue weighted by molar-refractivity contribution is 5.92. The summed E-state index contributed by atoms with van der Waals surface area (Å²) in [6.45, 7) is 6.51. The third-order valence-corrected chi connectivity index (χ3v) is 4.79. The Balaban J connectivity index is 1.63. The molecular weight excluding hydrogens is 326 g/mol. The molecule has 1 fully saturated rings. The number of para-hydroxylation sites is 1. The van der Waals surface area contributed by atoms with E-state index >= 15 is 0 Å². The van der Waals surface area contributed by atoms with Crippen LogP contribution >= 0.6 is 0 Å². The lowest BCUT2D eigenvalue weighted by Gasteiger charge is -2.36. The van der Waals surface area contributed by atoms with Crippen molar-refractivity contribution < 1.29 is 4.79 Å². The fourth-order valence-corrected chi connectivity index (χ4v) is 3.16. The van der Waals surface area contributed by atoms with E-state index in [0.29, 0.717) is 5.69 Å². The van der Waals surface area contributed by atoms with Crippen LogP contribution in [-0.2, 0) is 0 Å². The van der Waals surface area contributed by atoms with Gasteiger partial charge in [0.1, 0.15) is 17.8 Å². The Kier molecular flexibility index (Phi) is 6.04. The molecule has 1 aromatic carbocycles. The Morgan fingerprint density at radius 3 is 2.46 bits per heavy atom. The van der Waals surface area contributed by atoms with Gasteiger partial charge in [0.25, 0.3) is 5.91 Å². The van der Waals surface area contributed by atoms with Crippen molar-refractivity contribution >= 4 is 17.4 Å². The predicted octanol–water partition coefficient (Wildman–Crippen LogP) is 2.68. The Morgan fingerprint density at radius 1 is 1.08 bits per heavy atom. The summed E-state index contributed by atoms with van der Waals surface area (Å²) in [6.07, 6.45) is 3.57. The van der Waals surface area contributed by atoms with Crippen LogP contribution in [0, 0.1) is 0 Å². The molecule has 0 radical (unpaired) electrons. The van der Waals surface area contributed by atoms with Gasteiger partial charge in [-0.25, -0.2) is 9.97 Å². The fraction of sp³-hybridized carbons (Fsp3) is 0.450. The molecule has 1 aromatic heterocycles. The van der Waals surface area contributed by atoms with Crippen LogP contribution in [0.15, 0.2) is 42.7 Å². The van der Waals surface area contributed by atoms with Crippen molar-refractivity contribution in [1.82, 2.24) is 14.9 Å². The van der Waals surface area contributed by atoms with Crippen molar-refractivity contribution in [3.8, 4) is 0 Å². The number of hydrogen-bond acceptors (Lipinski definition) is 5. The molecule has 0 N–H and O–H groups in total. The number of rotatable bonds is 6. The molecule has 1 saturated heterocycles. The Hall–Kier alpha value is -2.63. The fourth-order valence-electron chi connectivity index (χ4n) is 3.16. The standard InChI is InChI=1S/C20H27N5O/c1-3-4-10-23(2)20(26)18-15-19(22-16-21-18)25-13-11-24(12-14-25)17-8-6-5-7-9-17/h5-9,15-16H,3-4,10-14H2,1-2H3. The van der Waals surface area contributed by atoms with E-state index in [1.54, 1.807) is 4.90 Å². The van der Waals surface area contributed by atoms with Crippen LogP contribution in [0.2, 0.25) is 0 Å². The highest BCUT2D eigenvalue weighted by Gasteiger charge is 2.20. The zero-order valence-corrected chi connectivity index (χ0v) is 15.6. The molecule has 0 aliphatic carbocycles. The second-order valence-corrected chi connectivity index (χ2v) is 6.65. The largest absolute Gasteiger partial charge is 0.368 e. The van der Waals surface area contributed by atoms with E-state index in [2.05, 4.69) is 51.0 Å². The van der Waals surface area contributed by atoms with Crippen molar-refractivity contribution in [1.29, 1.82) is 0 Å². The number of benzene rings is 1. The van der Waals surface area contributed by atoms with Gasteiger partial charge in [0.2, 0.25) is 0 Å². The molecule has 26 heavy (non-hydrogen) atoms. The van der Waals surface area contributed by atoms with Crippen molar-refractivity contribution in [2.24, 2.45) is 0 Å². The summed E-state index contributed by atoms with van der Waals surface area (Å²) in [4.78, 5) is 27.5. The summed E-state index contributed by atoms with van der Waals surface area (Å²) in [5.41, 5.74) is 1.72. The summed E-state index contributed by atoms with van der Waals surface area (Å²) < 4.78 is 0. The monoisotopic (exact) mass is 353 g/mol. The average molecular weight is 353 g/mol. The summed E-state index contributed by atoms with van der Waals surface area (Å²) >= 11 is 0. The van der Waals surface area contributed by atoms with E-state index in [9.17, 15) is 4.79 Å². The number of carbonyl (C=O) groups is 1. The first kappa shape index (κ1) is 18.2. The van der Waals surface area contributed by atoms with Crippen molar-refractivity contribution in [3.05, 3.63) is 48.4 Å². The van der Waals surface area contributed by atoms with Crippen LogP contribution in [0.1, 0.15) is 30.3 Å². The van der Waals surface area contributed by atoms with Gasteiger partial charge in [-0.1, -0.05) is 31.5 Å². The van der Waals surface area contributed by atoms with Gasteiger partial charge < -0.3 is 14.7 Å². The number of piperazine rings is 1. The molecule has 1 aliphatic heterocycles. The first-order valence-corrected chi connectivity index (χ1v) is 9.31. The van der Waals surface area contributed by atoms with Gasteiger partial charge in [-0.15, -0.1) is 0 Å². The maximum Gasteiger partial charge on any atom is 0.272 e. The smallest absolute Gasteiger partial charge is 0.272 e. The highest BCUT2D eigenvalue weighted by atomic mass is 16.2. The van der Waals surface area contributed by atoms with Gasteiger partial charge in [-0.2, -0.15) is 0 Å². The topological polar surface area (TPSA) is 52.6 Å². The average Bonchev–Trinajstić information content (AvgIpc) is 2.72. The molecule has 6 heteroatoms. The molecule has 1 amide bonds. The normalized spacial score (nSPS) is 14.4. The highest BCUT2D eigenvalue weighted by Crippen LogP contribution is 2.19. The third-order valence-electron chi connectivity index (χ3n) is 4.79. The lowest BCUT2D eigenvalue weighted by Crippen LogP contribution is -2.47. The van der Waals surface area contributed by atoms with Gasteiger partial charge in [-0.3, -0.25) is 4.79 Å². The second kappa shape index (κ2) is 8.65. The van der Waals surface area contributed by atoms with Crippen molar-refractivity contribution in [2.45, 2.75) is 19.8 Å². The number of aromatic nitrogens is 2. The van der Waals surface area contributed by atoms with Crippen LogP contribution < -0.4 is 9.80 Å². The second-order valence-electron chi connectivity index (χ2n) is 6.65. The van der Waals surface area contributed by atoms with Crippen LogP contribution in [0.25, 0.3) is 0 Å². The molecule has 2 aromatic rings. The molecule has 6 nitrogen and oxygen atoms in total. The summed E-state index contributed by atoms with van der Waals surface area (Å²) in [7, 11) is 1.83. The van der Waals surface area contributed by atoms with E-state index in [-0.39, 0.29) is 5.91 Å². The Morgan fingerprint density at radius 2 is 1.77 bits per heavy atom. The molecule has 2 heterocycles. The lowest BCUT2D eigenvalue weighted by molar-refractivity contribution is 0.0787. The third kappa shape index (κ3) is 4.31. The Bertz CT molecular complexity index is 713. The number of unbranched alkanes of at least 4 members (excludes halogenated alkanes) is 1.